The second-order valence-electron chi connectivity index (χ2n) is 5.25. The van der Waals surface area contributed by atoms with Crippen LogP contribution in [0.25, 0.3) is 0 Å². The number of rotatable bonds is 2. The van der Waals surface area contributed by atoms with Gasteiger partial charge in [-0.05, 0) is 19.3 Å². The lowest BCUT2D eigenvalue weighted by molar-refractivity contribution is -0.158. The molecule has 2 fully saturated rings. The van der Waals surface area contributed by atoms with Gasteiger partial charge in [0, 0.05) is 26.0 Å². The van der Waals surface area contributed by atoms with Gasteiger partial charge in [0.25, 0.3) is 0 Å². The first-order valence-electron chi connectivity index (χ1n) is 6.71. The van der Waals surface area contributed by atoms with Gasteiger partial charge in [0.15, 0.2) is 0 Å². The molecule has 1 aromatic heterocycles. The molecule has 0 spiro atoms. The summed E-state index contributed by atoms with van der Waals surface area (Å²) in [5.41, 5.74) is 0. The Morgan fingerprint density at radius 1 is 1.37 bits per heavy atom. The van der Waals surface area contributed by atoms with Gasteiger partial charge < -0.3 is 14.4 Å². The Bertz CT molecular complexity index is 510. The predicted octanol–water partition coefficient (Wildman–Crippen LogP) is 0.143. The number of hydrogen-bond donors (Lipinski definition) is 0. The Kier molecular flexibility index (Phi) is 3.00. The Labute approximate surface area is 112 Å². The van der Waals surface area contributed by atoms with Crippen molar-refractivity contribution < 1.29 is 9.59 Å². The largest absolute Gasteiger partial charge is 0.337 e. The molecule has 3 rings (SSSR count). The quantitative estimate of drug-likeness (QED) is 0.762. The van der Waals surface area contributed by atoms with E-state index in [9.17, 15) is 9.59 Å². The summed E-state index contributed by atoms with van der Waals surface area (Å²) in [5.74, 6) is 0.950. The van der Waals surface area contributed by atoms with Gasteiger partial charge in [0.1, 0.15) is 18.4 Å². The molecule has 2 saturated heterocycles. The van der Waals surface area contributed by atoms with Gasteiger partial charge in [-0.2, -0.15) is 0 Å². The van der Waals surface area contributed by atoms with Crippen molar-refractivity contribution in [1.29, 1.82) is 0 Å². The summed E-state index contributed by atoms with van der Waals surface area (Å²) in [5, 5.41) is 0. The molecule has 102 valence electrons. The van der Waals surface area contributed by atoms with E-state index in [-0.39, 0.29) is 24.4 Å². The number of aryl methyl sites for hydroxylation is 1. The minimum Gasteiger partial charge on any atom is -0.337 e. The van der Waals surface area contributed by atoms with Gasteiger partial charge in [0.05, 0.1) is 6.54 Å². The molecule has 1 aromatic rings. The number of piperazine rings is 1. The second-order valence-corrected chi connectivity index (χ2v) is 5.25. The van der Waals surface area contributed by atoms with Crippen LogP contribution in [0, 0.1) is 0 Å². The van der Waals surface area contributed by atoms with Gasteiger partial charge in [-0.3, -0.25) is 9.59 Å². The number of carbonyl (C=O) groups excluding carboxylic acids is 2. The summed E-state index contributed by atoms with van der Waals surface area (Å²) < 4.78 is 1.88. The second kappa shape index (κ2) is 4.68. The molecular weight excluding hydrogens is 244 g/mol. The smallest absolute Gasteiger partial charge is 0.246 e. The van der Waals surface area contributed by atoms with E-state index in [1.807, 2.05) is 17.8 Å². The molecule has 2 aliphatic heterocycles. The molecule has 0 aliphatic carbocycles. The van der Waals surface area contributed by atoms with E-state index in [2.05, 4.69) is 4.98 Å². The van der Waals surface area contributed by atoms with Gasteiger partial charge in [0.2, 0.25) is 11.8 Å². The van der Waals surface area contributed by atoms with Crippen molar-refractivity contribution in [1.82, 2.24) is 19.4 Å². The molecule has 6 nitrogen and oxygen atoms in total. The van der Waals surface area contributed by atoms with Crippen molar-refractivity contribution in [3.63, 3.8) is 0 Å². The molecule has 3 heterocycles. The number of amides is 2. The Balaban J connectivity index is 1.78. The Morgan fingerprint density at radius 3 is 2.95 bits per heavy atom. The third-order valence-corrected chi connectivity index (χ3v) is 4.00. The minimum atomic E-state index is -0.240. The molecule has 1 atom stereocenters. The first-order chi connectivity index (χ1) is 9.16. The number of nitrogens with zero attached hydrogens (tertiary/aromatic N) is 4. The SMILES string of the molecule is Cn1ccnc1CN1CC(=O)N2CCCCC2C1=O. The fraction of sp³-hybridized carbons (Fsp3) is 0.615. The Hall–Kier alpha value is -1.85. The van der Waals surface area contributed by atoms with Crippen molar-refractivity contribution in [2.45, 2.75) is 31.8 Å². The summed E-state index contributed by atoms with van der Waals surface area (Å²) >= 11 is 0. The predicted molar refractivity (Wildman–Crippen MR) is 68.0 cm³/mol. The number of aromatic nitrogens is 2. The maximum atomic E-state index is 12.4. The van der Waals surface area contributed by atoms with Crippen LogP contribution in [0.4, 0.5) is 0 Å². The van der Waals surface area contributed by atoms with Crippen LogP contribution in [0.3, 0.4) is 0 Å². The molecule has 2 amide bonds. The fourth-order valence-electron chi connectivity index (χ4n) is 2.88. The molecule has 0 aromatic carbocycles. The van der Waals surface area contributed by atoms with E-state index in [4.69, 9.17) is 0 Å². The first-order valence-corrected chi connectivity index (χ1v) is 6.71. The topological polar surface area (TPSA) is 58.4 Å². The lowest BCUT2D eigenvalue weighted by Crippen LogP contribution is -2.60. The van der Waals surface area contributed by atoms with Crippen molar-refractivity contribution in [3.8, 4) is 0 Å². The Morgan fingerprint density at radius 2 is 2.21 bits per heavy atom. The lowest BCUT2D eigenvalue weighted by atomic mass is 9.98. The zero-order chi connectivity index (χ0) is 13.4. The van der Waals surface area contributed by atoms with Gasteiger partial charge >= 0.3 is 0 Å². The van der Waals surface area contributed by atoms with E-state index in [0.29, 0.717) is 6.54 Å². The molecule has 19 heavy (non-hydrogen) atoms. The standard InChI is InChI=1S/C13H18N4O2/c1-15-7-5-14-11(15)8-16-9-12(18)17-6-3-2-4-10(17)13(16)19/h5,7,10H,2-4,6,8-9H2,1H3. The maximum absolute atomic E-state index is 12.4. The summed E-state index contributed by atoms with van der Waals surface area (Å²) in [6, 6.07) is -0.240. The highest BCUT2D eigenvalue weighted by atomic mass is 16.2. The van der Waals surface area contributed by atoms with Gasteiger partial charge in [-0.25, -0.2) is 4.98 Å². The zero-order valence-corrected chi connectivity index (χ0v) is 11.1. The molecule has 0 bridgehead atoms. The van der Waals surface area contributed by atoms with Crippen molar-refractivity contribution >= 4 is 11.8 Å². The highest BCUT2D eigenvalue weighted by Crippen LogP contribution is 2.23. The third-order valence-electron chi connectivity index (χ3n) is 4.00. The van der Waals surface area contributed by atoms with E-state index in [1.54, 1.807) is 16.0 Å². The van der Waals surface area contributed by atoms with Crippen LogP contribution in [0.15, 0.2) is 12.4 Å². The lowest BCUT2D eigenvalue weighted by Gasteiger charge is -2.42. The molecule has 2 aliphatic rings. The number of imidazole rings is 1. The summed E-state index contributed by atoms with van der Waals surface area (Å²) in [6.07, 6.45) is 6.38. The van der Waals surface area contributed by atoms with Crippen LogP contribution in [-0.2, 0) is 23.2 Å². The molecular formula is C13H18N4O2. The van der Waals surface area contributed by atoms with E-state index in [0.717, 1.165) is 31.6 Å². The molecule has 0 N–H and O–H groups in total. The van der Waals surface area contributed by atoms with Crippen LogP contribution in [0.2, 0.25) is 0 Å². The van der Waals surface area contributed by atoms with Crippen LogP contribution in [-0.4, -0.2) is 50.3 Å². The highest BCUT2D eigenvalue weighted by molar-refractivity contribution is 5.94. The first kappa shape index (κ1) is 12.2. The van der Waals surface area contributed by atoms with Gasteiger partial charge in [-0.1, -0.05) is 0 Å². The van der Waals surface area contributed by atoms with E-state index in [1.165, 1.54) is 0 Å². The number of carbonyl (C=O) groups is 2. The summed E-state index contributed by atoms with van der Waals surface area (Å²) in [6.45, 7) is 1.33. The number of hydrogen-bond acceptors (Lipinski definition) is 3. The minimum absolute atomic E-state index is 0.0681. The average molecular weight is 262 g/mol. The van der Waals surface area contributed by atoms with E-state index < -0.39 is 0 Å². The fourth-order valence-corrected chi connectivity index (χ4v) is 2.88. The normalized spacial score (nSPS) is 23.7. The summed E-state index contributed by atoms with van der Waals surface area (Å²) in [4.78, 5) is 32.1. The van der Waals surface area contributed by atoms with Crippen LogP contribution < -0.4 is 0 Å². The molecule has 0 radical (unpaired) electrons. The van der Waals surface area contributed by atoms with Crippen LogP contribution >= 0.6 is 0 Å². The zero-order valence-electron chi connectivity index (χ0n) is 11.1. The van der Waals surface area contributed by atoms with Crippen LogP contribution in [0.5, 0.6) is 0 Å². The van der Waals surface area contributed by atoms with E-state index >= 15 is 0 Å². The maximum Gasteiger partial charge on any atom is 0.246 e. The van der Waals surface area contributed by atoms with Crippen molar-refractivity contribution in [2.24, 2.45) is 7.05 Å². The third kappa shape index (κ3) is 2.11. The van der Waals surface area contributed by atoms with Gasteiger partial charge in [-0.15, -0.1) is 0 Å². The molecule has 1 unspecified atom stereocenters. The van der Waals surface area contributed by atoms with Crippen molar-refractivity contribution in [2.75, 3.05) is 13.1 Å². The van der Waals surface area contributed by atoms with Crippen molar-refractivity contribution in [3.05, 3.63) is 18.2 Å². The highest BCUT2D eigenvalue weighted by Gasteiger charge is 2.40. The van der Waals surface area contributed by atoms with Crippen LogP contribution in [0.1, 0.15) is 25.1 Å². The number of fused-ring (bicyclic) bond motifs is 1. The average Bonchev–Trinajstić information content (AvgIpc) is 2.81. The number of piperidine rings is 1. The molecule has 6 heteroatoms. The molecule has 0 saturated carbocycles. The summed E-state index contributed by atoms with van der Waals surface area (Å²) in [7, 11) is 1.89. The monoisotopic (exact) mass is 262 g/mol.